The molecule has 26 heavy (non-hydrogen) atoms. The molecule has 1 saturated heterocycles. The standard InChI is InChI=1S/C19H29N3O4/c1-14(2)16(22-5-7-24-8-6-22)13-21-19(23)20-12-15-3-4-17-18(11-15)26-10-9-25-17/h3-4,11,14,16H,5-10,12-13H2,1-2H3,(H2,20,21,23). The van der Waals surface area contributed by atoms with Crippen molar-refractivity contribution in [2.75, 3.05) is 46.1 Å². The normalized spacial score (nSPS) is 18.4. The third kappa shape index (κ3) is 5.02. The monoisotopic (exact) mass is 363 g/mol. The lowest BCUT2D eigenvalue weighted by atomic mass is 10.0. The molecule has 0 aliphatic carbocycles. The number of nitrogens with one attached hydrogen (secondary N) is 2. The van der Waals surface area contributed by atoms with Crippen molar-refractivity contribution in [3.63, 3.8) is 0 Å². The summed E-state index contributed by atoms with van der Waals surface area (Å²) >= 11 is 0. The van der Waals surface area contributed by atoms with Crippen molar-refractivity contribution in [1.29, 1.82) is 0 Å². The van der Waals surface area contributed by atoms with Gasteiger partial charge in [0.1, 0.15) is 13.2 Å². The molecule has 1 aromatic carbocycles. The second-order valence-corrected chi connectivity index (χ2v) is 7.00. The molecule has 0 spiro atoms. The highest BCUT2D eigenvalue weighted by Crippen LogP contribution is 2.30. The van der Waals surface area contributed by atoms with E-state index in [0.717, 1.165) is 43.4 Å². The van der Waals surface area contributed by atoms with Crippen LogP contribution in [0.5, 0.6) is 11.5 Å². The molecule has 3 rings (SSSR count). The van der Waals surface area contributed by atoms with Gasteiger partial charge in [-0.25, -0.2) is 4.79 Å². The molecule has 2 N–H and O–H groups in total. The van der Waals surface area contributed by atoms with Crippen LogP contribution in [0.3, 0.4) is 0 Å². The zero-order valence-corrected chi connectivity index (χ0v) is 15.6. The van der Waals surface area contributed by atoms with Crippen molar-refractivity contribution in [2.45, 2.75) is 26.4 Å². The van der Waals surface area contributed by atoms with Gasteiger partial charge in [0, 0.05) is 32.2 Å². The Morgan fingerprint density at radius 1 is 1.08 bits per heavy atom. The second-order valence-electron chi connectivity index (χ2n) is 7.00. The van der Waals surface area contributed by atoms with E-state index in [2.05, 4.69) is 29.4 Å². The van der Waals surface area contributed by atoms with Crippen LogP contribution in [0.4, 0.5) is 4.79 Å². The predicted octanol–water partition coefficient (Wildman–Crippen LogP) is 1.61. The van der Waals surface area contributed by atoms with E-state index < -0.39 is 0 Å². The van der Waals surface area contributed by atoms with Gasteiger partial charge in [0.25, 0.3) is 0 Å². The fourth-order valence-electron chi connectivity index (χ4n) is 3.34. The molecule has 1 fully saturated rings. The Balaban J connectivity index is 1.46. The van der Waals surface area contributed by atoms with Crippen molar-refractivity contribution in [3.8, 4) is 11.5 Å². The fourth-order valence-corrected chi connectivity index (χ4v) is 3.34. The van der Waals surface area contributed by atoms with E-state index in [9.17, 15) is 4.79 Å². The molecule has 2 heterocycles. The van der Waals surface area contributed by atoms with Crippen molar-refractivity contribution >= 4 is 6.03 Å². The first-order valence-electron chi connectivity index (χ1n) is 9.35. The molecule has 7 nitrogen and oxygen atoms in total. The number of urea groups is 1. The summed E-state index contributed by atoms with van der Waals surface area (Å²) in [5.41, 5.74) is 0.984. The third-order valence-corrected chi connectivity index (χ3v) is 4.82. The highest BCUT2D eigenvalue weighted by Gasteiger charge is 2.24. The van der Waals surface area contributed by atoms with Gasteiger partial charge in [-0.2, -0.15) is 0 Å². The van der Waals surface area contributed by atoms with Gasteiger partial charge in [-0.05, 0) is 23.6 Å². The van der Waals surface area contributed by atoms with E-state index in [1.165, 1.54) is 0 Å². The lowest BCUT2D eigenvalue weighted by Gasteiger charge is -2.36. The average Bonchev–Trinajstić information content (AvgIpc) is 2.67. The molecule has 1 atom stereocenters. The van der Waals surface area contributed by atoms with Gasteiger partial charge < -0.3 is 24.8 Å². The van der Waals surface area contributed by atoms with E-state index in [1.54, 1.807) is 0 Å². The number of ether oxygens (including phenoxy) is 3. The van der Waals surface area contributed by atoms with Crippen molar-refractivity contribution in [1.82, 2.24) is 15.5 Å². The molecule has 2 amide bonds. The van der Waals surface area contributed by atoms with Gasteiger partial charge in [-0.15, -0.1) is 0 Å². The van der Waals surface area contributed by atoms with Gasteiger partial charge in [0.2, 0.25) is 0 Å². The molecule has 0 bridgehead atoms. The lowest BCUT2D eigenvalue weighted by molar-refractivity contribution is 0.00719. The Hall–Kier alpha value is -1.99. The molecule has 0 radical (unpaired) electrons. The number of morpholine rings is 1. The van der Waals surface area contributed by atoms with Crippen LogP contribution in [0.1, 0.15) is 19.4 Å². The molecule has 144 valence electrons. The Labute approximate surface area is 155 Å². The minimum Gasteiger partial charge on any atom is -0.486 e. The minimum absolute atomic E-state index is 0.154. The summed E-state index contributed by atoms with van der Waals surface area (Å²) in [7, 11) is 0. The molecule has 2 aliphatic heterocycles. The highest BCUT2D eigenvalue weighted by molar-refractivity contribution is 5.73. The van der Waals surface area contributed by atoms with Crippen LogP contribution in [-0.4, -0.2) is 63.0 Å². The fraction of sp³-hybridized carbons (Fsp3) is 0.632. The second kappa shape index (κ2) is 9.09. The van der Waals surface area contributed by atoms with Gasteiger partial charge in [-0.3, -0.25) is 4.90 Å². The summed E-state index contributed by atoms with van der Waals surface area (Å²) in [5, 5.41) is 5.92. The number of rotatable bonds is 6. The highest BCUT2D eigenvalue weighted by atomic mass is 16.6. The number of hydrogen-bond acceptors (Lipinski definition) is 5. The first-order valence-corrected chi connectivity index (χ1v) is 9.35. The largest absolute Gasteiger partial charge is 0.486 e. The Bertz CT molecular complexity index is 602. The van der Waals surface area contributed by atoms with E-state index in [1.807, 2.05) is 18.2 Å². The number of benzene rings is 1. The number of fused-ring (bicyclic) bond motifs is 1. The third-order valence-electron chi connectivity index (χ3n) is 4.82. The molecule has 1 aromatic rings. The van der Waals surface area contributed by atoms with Crippen LogP contribution in [0.25, 0.3) is 0 Å². The van der Waals surface area contributed by atoms with Gasteiger partial charge in [-0.1, -0.05) is 19.9 Å². The molecule has 1 unspecified atom stereocenters. The Morgan fingerprint density at radius 3 is 2.54 bits per heavy atom. The quantitative estimate of drug-likeness (QED) is 0.804. The molecular formula is C19H29N3O4. The number of hydrogen-bond donors (Lipinski definition) is 2. The number of carbonyl (C=O) groups is 1. The van der Waals surface area contributed by atoms with Crippen LogP contribution in [0.15, 0.2) is 18.2 Å². The topological polar surface area (TPSA) is 72.1 Å². The molecule has 0 aromatic heterocycles. The number of nitrogens with zero attached hydrogens (tertiary/aromatic N) is 1. The van der Waals surface area contributed by atoms with Crippen LogP contribution < -0.4 is 20.1 Å². The zero-order valence-electron chi connectivity index (χ0n) is 15.6. The van der Waals surface area contributed by atoms with Crippen LogP contribution in [-0.2, 0) is 11.3 Å². The smallest absolute Gasteiger partial charge is 0.315 e. The summed E-state index contributed by atoms with van der Waals surface area (Å²) in [6.07, 6.45) is 0. The van der Waals surface area contributed by atoms with Crippen molar-refractivity contribution in [2.24, 2.45) is 5.92 Å². The summed E-state index contributed by atoms with van der Waals surface area (Å²) < 4.78 is 16.5. The maximum Gasteiger partial charge on any atom is 0.315 e. The molecule has 7 heteroatoms. The van der Waals surface area contributed by atoms with Crippen LogP contribution in [0.2, 0.25) is 0 Å². The molecule has 0 saturated carbocycles. The summed E-state index contributed by atoms with van der Waals surface area (Å²) in [6, 6.07) is 5.91. The van der Waals surface area contributed by atoms with Crippen molar-refractivity contribution < 1.29 is 19.0 Å². The maximum absolute atomic E-state index is 12.2. The van der Waals surface area contributed by atoms with Gasteiger partial charge in [0.15, 0.2) is 11.5 Å². The van der Waals surface area contributed by atoms with E-state index >= 15 is 0 Å². The van der Waals surface area contributed by atoms with E-state index in [0.29, 0.717) is 38.3 Å². The van der Waals surface area contributed by atoms with Gasteiger partial charge in [0.05, 0.1) is 13.2 Å². The SMILES string of the molecule is CC(C)C(CNC(=O)NCc1ccc2c(c1)OCCO2)N1CCOCC1. The average molecular weight is 363 g/mol. The van der Waals surface area contributed by atoms with E-state index in [4.69, 9.17) is 14.2 Å². The first-order chi connectivity index (χ1) is 12.6. The minimum atomic E-state index is -0.154. The predicted molar refractivity (Wildman–Crippen MR) is 98.7 cm³/mol. The van der Waals surface area contributed by atoms with Crippen LogP contribution >= 0.6 is 0 Å². The maximum atomic E-state index is 12.2. The molecular weight excluding hydrogens is 334 g/mol. The first kappa shape index (κ1) is 18.8. The number of amides is 2. The lowest BCUT2D eigenvalue weighted by Crippen LogP contribution is -2.52. The summed E-state index contributed by atoms with van der Waals surface area (Å²) in [4.78, 5) is 14.6. The zero-order chi connectivity index (χ0) is 18.4. The summed E-state index contributed by atoms with van der Waals surface area (Å²) in [5.74, 6) is 1.96. The Morgan fingerprint density at radius 2 is 1.81 bits per heavy atom. The van der Waals surface area contributed by atoms with Crippen LogP contribution in [0, 0.1) is 5.92 Å². The van der Waals surface area contributed by atoms with Crippen molar-refractivity contribution in [3.05, 3.63) is 23.8 Å². The van der Waals surface area contributed by atoms with E-state index in [-0.39, 0.29) is 6.03 Å². The molecule has 2 aliphatic rings. The number of carbonyl (C=O) groups excluding carboxylic acids is 1. The summed E-state index contributed by atoms with van der Waals surface area (Å²) in [6.45, 7) is 9.96. The Kier molecular flexibility index (Phi) is 6.57. The van der Waals surface area contributed by atoms with Gasteiger partial charge >= 0.3 is 6.03 Å².